The highest BCUT2D eigenvalue weighted by atomic mass is 19.3. The van der Waals surface area contributed by atoms with Crippen molar-refractivity contribution >= 4 is 0 Å². The average Bonchev–Trinajstić information content (AvgIpc) is 2.99. The van der Waals surface area contributed by atoms with Gasteiger partial charge in [0.15, 0.2) is 0 Å². The molecule has 1 saturated carbocycles. The van der Waals surface area contributed by atoms with Crippen LogP contribution in [0.15, 0.2) is 18.2 Å². The Morgan fingerprint density at radius 2 is 2.07 bits per heavy atom. The smallest absolute Gasteiger partial charge is 0.387 e. The predicted octanol–water partition coefficient (Wildman–Crippen LogP) is 2.66. The van der Waals surface area contributed by atoms with E-state index in [1.165, 1.54) is 6.07 Å². The Morgan fingerprint density at radius 3 is 2.60 bits per heavy atom. The highest BCUT2D eigenvalue weighted by Gasteiger charge is 2.24. The van der Waals surface area contributed by atoms with Crippen molar-refractivity contribution in [2.45, 2.75) is 32.0 Å². The van der Waals surface area contributed by atoms with E-state index in [0.29, 0.717) is 11.5 Å². The largest absolute Gasteiger partial charge is 0.435 e. The molecule has 0 saturated heterocycles. The standard InChI is InChI=1S/C11H12F2O2/c12-11(13)15-10-4-7(6-14)3-9(5-10)8-1-2-8/h3-5,8,11,14H,1-2,6H2. The molecule has 0 heterocycles. The number of aliphatic hydroxyl groups is 1. The van der Waals surface area contributed by atoms with Gasteiger partial charge in [-0.2, -0.15) is 8.78 Å². The van der Waals surface area contributed by atoms with Gasteiger partial charge in [-0.15, -0.1) is 0 Å². The number of rotatable bonds is 4. The van der Waals surface area contributed by atoms with Crippen LogP contribution < -0.4 is 4.74 Å². The van der Waals surface area contributed by atoms with Gasteiger partial charge in [-0.05, 0) is 42.0 Å². The Kier molecular flexibility index (Phi) is 2.86. The van der Waals surface area contributed by atoms with E-state index in [1.54, 1.807) is 6.07 Å². The van der Waals surface area contributed by atoms with Crippen LogP contribution in [0.3, 0.4) is 0 Å². The summed E-state index contributed by atoms with van der Waals surface area (Å²) in [6.45, 7) is -2.97. The van der Waals surface area contributed by atoms with E-state index in [0.717, 1.165) is 18.4 Å². The van der Waals surface area contributed by atoms with E-state index >= 15 is 0 Å². The van der Waals surface area contributed by atoms with Crippen LogP contribution in [-0.4, -0.2) is 11.7 Å². The Balaban J connectivity index is 2.24. The molecule has 0 unspecified atom stereocenters. The quantitative estimate of drug-likeness (QED) is 0.834. The molecule has 2 nitrogen and oxygen atoms in total. The molecule has 1 aromatic rings. The van der Waals surface area contributed by atoms with Crippen molar-refractivity contribution in [1.82, 2.24) is 0 Å². The van der Waals surface area contributed by atoms with Gasteiger partial charge in [0.1, 0.15) is 5.75 Å². The second-order valence-corrected chi connectivity index (χ2v) is 3.72. The van der Waals surface area contributed by atoms with E-state index in [-0.39, 0.29) is 12.4 Å². The summed E-state index contributed by atoms with van der Waals surface area (Å²) in [5, 5.41) is 8.98. The second kappa shape index (κ2) is 4.14. The molecule has 0 amide bonds. The van der Waals surface area contributed by atoms with Crippen LogP contribution in [-0.2, 0) is 6.61 Å². The van der Waals surface area contributed by atoms with Crippen molar-refractivity contribution < 1.29 is 18.6 Å². The molecule has 1 aliphatic carbocycles. The van der Waals surface area contributed by atoms with Crippen molar-refractivity contribution in [2.75, 3.05) is 0 Å². The van der Waals surface area contributed by atoms with Gasteiger partial charge in [0.25, 0.3) is 0 Å². The number of hydrogen-bond donors (Lipinski definition) is 1. The molecule has 0 aromatic heterocycles. The molecule has 1 aliphatic rings. The summed E-state index contributed by atoms with van der Waals surface area (Å²) in [4.78, 5) is 0. The summed E-state index contributed by atoms with van der Waals surface area (Å²) in [6, 6.07) is 4.91. The van der Waals surface area contributed by atoms with Gasteiger partial charge in [0.05, 0.1) is 6.61 Å². The molecule has 15 heavy (non-hydrogen) atoms. The monoisotopic (exact) mass is 214 g/mol. The molecule has 1 fully saturated rings. The van der Waals surface area contributed by atoms with Crippen LogP contribution in [0.1, 0.15) is 29.9 Å². The average molecular weight is 214 g/mol. The van der Waals surface area contributed by atoms with E-state index in [2.05, 4.69) is 4.74 Å². The lowest BCUT2D eigenvalue weighted by Gasteiger charge is -2.08. The number of hydrogen-bond acceptors (Lipinski definition) is 2. The Morgan fingerprint density at radius 1 is 1.33 bits per heavy atom. The summed E-state index contributed by atoms with van der Waals surface area (Å²) >= 11 is 0. The summed E-state index contributed by atoms with van der Waals surface area (Å²) in [6.07, 6.45) is 2.17. The third-order valence-corrected chi connectivity index (χ3v) is 2.45. The summed E-state index contributed by atoms with van der Waals surface area (Å²) in [5.74, 6) is 0.593. The van der Waals surface area contributed by atoms with E-state index in [1.807, 2.05) is 6.07 Å². The topological polar surface area (TPSA) is 29.5 Å². The van der Waals surface area contributed by atoms with E-state index < -0.39 is 6.61 Å². The van der Waals surface area contributed by atoms with Gasteiger partial charge in [0.2, 0.25) is 0 Å². The molecule has 1 aromatic carbocycles. The molecule has 0 aliphatic heterocycles. The first-order valence-electron chi connectivity index (χ1n) is 4.88. The Labute approximate surface area is 86.5 Å². The SMILES string of the molecule is OCc1cc(OC(F)F)cc(C2CC2)c1. The molecule has 2 rings (SSSR count). The first-order valence-corrected chi connectivity index (χ1v) is 4.88. The molecule has 82 valence electrons. The third-order valence-electron chi connectivity index (χ3n) is 2.45. The van der Waals surface area contributed by atoms with Gasteiger partial charge in [-0.25, -0.2) is 0 Å². The third kappa shape index (κ3) is 2.65. The maximum atomic E-state index is 12.0. The zero-order valence-electron chi connectivity index (χ0n) is 8.12. The van der Waals surface area contributed by atoms with Crippen LogP contribution in [0.5, 0.6) is 5.75 Å². The molecular weight excluding hydrogens is 202 g/mol. The first kappa shape index (κ1) is 10.4. The highest BCUT2D eigenvalue weighted by molar-refractivity contribution is 5.37. The van der Waals surface area contributed by atoms with Gasteiger partial charge in [-0.3, -0.25) is 0 Å². The molecule has 1 N–H and O–H groups in total. The van der Waals surface area contributed by atoms with Crippen LogP contribution >= 0.6 is 0 Å². The molecule has 4 heteroatoms. The molecule has 0 spiro atoms. The minimum atomic E-state index is -2.81. The minimum Gasteiger partial charge on any atom is -0.435 e. The van der Waals surface area contributed by atoms with Crippen LogP contribution in [0, 0.1) is 0 Å². The van der Waals surface area contributed by atoms with Crippen molar-refractivity contribution in [3.05, 3.63) is 29.3 Å². The van der Waals surface area contributed by atoms with Crippen molar-refractivity contribution in [3.8, 4) is 5.75 Å². The van der Waals surface area contributed by atoms with Crippen molar-refractivity contribution in [2.24, 2.45) is 0 Å². The Bertz CT molecular complexity index is 348. The maximum Gasteiger partial charge on any atom is 0.387 e. The van der Waals surface area contributed by atoms with Gasteiger partial charge >= 0.3 is 6.61 Å². The fourth-order valence-electron chi connectivity index (χ4n) is 1.60. The maximum absolute atomic E-state index is 12.0. The lowest BCUT2D eigenvalue weighted by Crippen LogP contribution is -2.03. The van der Waals surface area contributed by atoms with Crippen molar-refractivity contribution in [1.29, 1.82) is 0 Å². The fourth-order valence-corrected chi connectivity index (χ4v) is 1.60. The predicted molar refractivity (Wildman–Crippen MR) is 51.0 cm³/mol. The number of ether oxygens (including phenoxy) is 1. The van der Waals surface area contributed by atoms with Crippen LogP contribution in [0.25, 0.3) is 0 Å². The van der Waals surface area contributed by atoms with Gasteiger partial charge in [0, 0.05) is 0 Å². The van der Waals surface area contributed by atoms with E-state index in [9.17, 15) is 8.78 Å². The van der Waals surface area contributed by atoms with Crippen LogP contribution in [0.4, 0.5) is 8.78 Å². The fraction of sp³-hybridized carbons (Fsp3) is 0.455. The zero-order valence-corrected chi connectivity index (χ0v) is 8.12. The molecule has 0 bridgehead atoms. The summed E-state index contributed by atoms with van der Waals surface area (Å²) in [5.41, 5.74) is 1.60. The lowest BCUT2D eigenvalue weighted by molar-refractivity contribution is -0.0499. The lowest BCUT2D eigenvalue weighted by atomic mass is 10.1. The molecule has 0 radical (unpaired) electrons. The summed E-state index contributed by atoms with van der Waals surface area (Å²) < 4.78 is 28.4. The minimum absolute atomic E-state index is 0.137. The normalized spacial score (nSPS) is 15.7. The summed E-state index contributed by atoms with van der Waals surface area (Å²) in [7, 11) is 0. The van der Waals surface area contributed by atoms with Gasteiger partial charge < -0.3 is 9.84 Å². The first-order chi connectivity index (χ1) is 7.19. The zero-order chi connectivity index (χ0) is 10.8. The molecule has 0 atom stereocenters. The number of aliphatic hydroxyl groups excluding tert-OH is 1. The Hall–Kier alpha value is -1.16. The van der Waals surface area contributed by atoms with E-state index in [4.69, 9.17) is 5.11 Å². The molecular formula is C11H12F2O2. The van der Waals surface area contributed by atoms with Gasteiger partial charge in [-0.1, -0.05) is 6.07 Å². The highest BCUT2D eigenvalue weighted by Crippen LogP contribution is 2.41. The van der Waals surface area contributed by atoms with Crippen LogP contribution in [0.2, 0.25) is 0 Å². The number of alkyl halides is 2. The second-order valence-electron chi connectivity index (χ2n) is 3.72. The number of benzene rings is 1. The van der Waals surface area contributed by atoms with Crippen molar-refractivity contribution in [3.63, 3.8) is 0 Å². The number of halogens is 2.